The van der Waals surface area contributed by atoms with Crippen molar-refractivity contribution in [1.29, 1.82) is 0 Å². The van der Waals surface area contributed by atoms with Gasteiger partial charge in [-0.1, -0.05) is 28.9 Å². The zero-order valence-electron chi connectivity index (χ0n) is 14.4. The number of halogens is 3. The molecule has 27 heavy (non-hydrogen) atoms. The van der Waals surface area contributed by atoms with Gasteiger partial charge in [-0.2, -0.15) is 10.1 Å². The van der Waals surface area contributed by atoms with Crippen molar-refractivity contribution in [3.63, 3.8) is 0 Å². The van der Waals surface area contributed by atoms with E-state index in [1.165, 1.54) is 0 Å². The molecule has 2 aromatic heterocycles. The Morgan fingerprint density at radius 3 is 2.63 bits per heavy atom. The highest BCUT2D eigenvalue weighted by molar-refractivity contribution is 6.30. The standard InChI is InChI=1S/C17H15ClF2N4O3/c1-9-14(17(25)26-8-13-21-16(15(19)20)23-27-13)10(2)24(22-9)7-11-3-5-12(18)6-4-11/h3-6,15H,7-8H2,1-2H3. The Hall–Kier alpha value is -2.81. The van der Waals surface area contributed by atoms with E-state index >= 15 is 0 Å². The summed E-state index contributed by atoms with van der Waals surface area (Å²) >= 11 is 5.88. The fraction of sp³-hybridized carbons (Fsp3) is 0.294. The van der Waals surface area contributed by atoms with E-state index in [-0.39, 0.29) is 5.89 Å². The fourth-order valence-electron chi connectivity index (χ4n) is 2.52. The molecule has 10 heteroatoms. The Labute approximate surface area is 157 Å². The summed E-state index contributed by atoms with van der Waals surface area (Å²) in [6, 6.07) is 7.28. The number of esters is 1. The molecule has 0 bridgehead atoms. The molecule has 0 aliphatic carbocycles. The smallest absolute Gasteiger partial charge is 0.342 e. The van der Waals surface area contributed by atoms with Crippen LogP contribution in [-0.4, -0.2) is 25.9 Å². The van der Waals surface area contributed by atoms with E-state index in [0.29, 0.717) is 28.5 Å². The van der Waals surface area contributed by atoms with Gasteiger partial charge in [0.15, 0.2) is 6.61 Å². The van der Waals surface area contributed by atoms with E-state index < -0.39 is 24.8 Å². The van der Waals surface area contributed by atoms with E-state index in [1.807, 2.05) is 12.1 Å². The molecule has 3 rings (SSSR count). The van der Waals surface area contributed by atoms with Gasteiger partial charge in [-0.15, -0.1) is 0 Å². The number of nitrogens with zero attached hydrogens (tertiary/aromatic N) is 4. The first-order valence-electron chi connectivity index (χ1n) is 7.91. The van der Waals surface area contributed by atoms with E-state index in [1.54, 1.807) is 30.7 Å². The van der Waals surface area contributed by atoms with Crippen LogP contribution in [0.1, 0.15) is 45.4 Å². The lowest BCUT2D eigenvalue weighted by Gasteiger charge is -2.06. The Morgan fingerprint density at radius 1 is 1.30 bits per heavy atom. The Balaban J connectivity index is 1.70. The van der Waals surface area contributed by atoms with E-state index in [2.05, 4.69) is 19.8 Å². The average Bonchev–Trinajstić information content (AvgIpc) is 3.20. The molecular weight excluding hydrogens is 382 g/mol. The van der Waals surface area contributed by atoms with Gasteiger partial charge >= 0.3 is 12.4 Å². The molecule has 2 heterocycles. The lowest BCUT2D eigenvalue weighted by atomic mass is 10.2. The largest absolute Gasteiger partial charge is 0.452 e. The van der Waals surface area contributed by atoms with Crippen LogP contribution in [0, 0.1) is 13.8 Å². The van der Waals surface area contributed by atoms with E-state index in [0.717, 1.165) is 5.56 Å². The van der Waals surface area contributed by atoms with Crippen LogP contribution in [0.2, 0.25) is 5.02 Å². The first kappa shape index (κ1) is 19.0. The lowest BCUT2D eigenvalue weighted by molar-refractivity contribution is 0.0428. The number of aromatic nitrogens is 4. The highest BCUT2D eigenvalue weighted by Gasteiger charge is 2.22. The topological polar surface area (TPSA) is 83.0 Å². The fourth-order valence-corrected chi connectivity index (χ4v) is 2.65. The highest BCUT2D eigenvalue weighted by Crippen LogP contribution is 2.19. The lowest BCUT2D eigenvalue weighted by Crippen LogP contribution is -2.09. The van der Waals surface area contributed by atoms with Crippen LogP contribution >= 0.6 is 11.6 Å². The molecule has 0 aliphatic heterocycles. The molecule has 0 fully saturated rings. The van der Waals surface area contributed by atoms with Crippen LogP contribution < -0.4 is 0 Å². The monoisotopic (exact) mass is 396 g/mol. The summed E-state index contributed by atoms with van der Waals surface area (Å²) in [6.45, 7) is 3.48. The van der Waals surface area contributed by atoms with Crippen LogP contribution in [0.15, 0.2) is 28.8 Å². The number of carbonyl (C=O) groups is 1. The molecule has 0 aliphatic rings. The molecule has 1 aromatic carbocycles. The molecule has 0 saturated carbocycles. The summed E-state index contributed by atoms with van der Waals surface area (Å²) in [6.07, 6.45) is -2.85. The number of carbonyl (C=O) groups excluding carboxylic acids is 1. The van der Waals surface area contributed by atoms with Gasteiger partial charge in [0.25, 0.3) is 5.89 Å². The summed E-state index contributed by atoms with van der Waals surface area (Å²) in [7, 11) is 0. The summed E-state index contributed by atoms with van der Waals surface area (Å²) < 4.78 is 36.3. The van der Waals surface area contributed by atoms with Crippen LogP contribution in [0.4, 0.5) is 8.78 Å². The second kappa shape index (κ2) is 7.83. The van der Waals surface area contributed by atoms with Crippen molar-refractivity contribution in [1.82, 2.24) is 19.9 Å². The van der Waals surface area contributed by atoms with Crippen molar-refractivity contribution in [2.24, 2.45) is 0 Å². The summed E-state index contributed by atoms with van der Waals surface area (Å²) in [4.78, 5) is 15.8. The van der Waals surface area contributed by atoms with Gasteiger partial charge in [0, 0.05) is 5.02 Å². The number of aryl methyl sites for hydroxylation is 1. The van der Waals surface area contributed by atoms with Crippen molar-refractivity contribution in [2.75, 3.05) is 0 Å². The summed E-state index contributed by atoms with van der Waals surface area (Å²) in [5, 5.41) is 8.10. The SMILES string of the molecule is Cc1nn(Cc2ccc(Cl)cc2)c(C)c1C(=O)OCc1nc(C(F)F)no1. The highest BCUT2D eigenvalue weighted by atomic mass is 35.5. The second-order valence-corrected chi connectivity index (χ2v) is 6.19. The zero-order chi connectivity index (χ0) is 19.6. The molecule has 0 amide bonds. The molecule has 0 atom stereocenters. The summed E-state index contributed by atoms with van der Waals surface area (Å²) in [5.41, 5.74) is 2.38. The molecule has 142 valence electrons. The maximum absolute atomic E-state index is 12.4. The number of ether oxygens (including phenoxy) is 1. The molecule has 0 saturated heterocycles. The maximum atomic E-state index is 12.4. The summed E-state index contributed by atoms with van der Waals surface area (Å²) in [5.74, 6) is -1.60. The minimum atomic E-state index is -2.85. The van der Waals surface area contributed by atoms with Gasteiger partial charge in [-0.25, -0.2) is 13.6 Å². The molecule has 0 radical (unpaired) electrons. The van der Waals surface area contributed by atoms with Crippen LogP contribution in [-0.2, 0) is 17.9 Å². The van der Waals surface area contributed by atoms with Crippen molar-refractivity contribution in [3.05, 3.63) is 63.5 Å². The number of benzene rings is 1. The van der Waals surface area contributed by atoms with Gasteiger partial charge in [0.2, 0.25) is 5.82 Å². The zero-order valence-corrected chi connectivity index (χ0v) is 15.2. The van der Waals surface area contributed by atoms with Gasteiger partial charge in [0.05, 0.1) is 17.9 Å². The molecule has 0 spiro atoms. The van der Waals surface area contributed by atoms with Crippen molar-refractivity contribution in [3.8, 4) is 0 Å². The van der Waals surface area contributed by atoms with Gasteiger partial charge in [-0.05, 0) is 31.5 Å². The quantitative estimate of drug-likeness (QED) is 0.588. The number of alkyl halides is 2. The average molecular weight is 397 g/mol. The Kier molecular flexibility index (Phi) is 5.50. The maximum Gasteiger partial charge on any atom is 0.342 e. The van der Waals surface area contributed by atoms with Crippen LogP contribution in [0.3, 0.4) is 0 Å². The molecule has 0 unspecified atom stereocenters. The van der Waals surface area contributed by atoms with Gasteiger partial charge < -0.3 is 9.26 Å². The number of hydrogen-bond acceptors (Lipinski definition) is 6. The molecule has 0 N–H and O–H groups in total. The predicted octanol–water partition coefficient (Wildman–Crippen LogP) is 3.88. The Bertz CT molecular complexity index is 954. The first-order chi connectivity index (χ1) is 12.8. The van der Waals surface area contributed by atoms with Crippen molar-refractivity contribution >= 4 is 17.6 Å². The second-order valence-electron chi connectivity index (χ2n) is 5.75. The molecular formula is C17H15ClF2N4O3. The van der Waals surface area contributed by atoms with Gasteiger partial charge in [-0.3, -0.25) is 4.68 Å². The van der Waals surface area contributed by atoms with Crippen LogP contribution in [0.25, 0.3) is 0 Å². The number of rotatable bonds is 6. The minimum Gasteiger partial charge on any atom is -0.452 e. The predicted molar refractivity (Wildman–Crippen MR) is 90.6 cm³/mol. The normalized spacial score (nSPS) is 11.2. The van der Waals surface area contributed by atoms with Gasteiger partial charge in [0.1, 0.15) is 5.56 Å². The van der Waals surface area contributed by atoms with Crippen LogP contribution in [0.5, 0.6) is 0 Å². The molecule has 3 aromatic rings. The third-order valence-electron chi connectivity index (χ3n) is 3.84. The Morgan fingerprint density at radius 2 is 2.00 bits per heavy atom. The van der Waals surface area contributed by atoms with E-state index in [4.69, 9.17) is 16.3 Å². The first-order valence-corrected chi connectivity index (χ1v) is 8.29. The van der Waals surface area contributed by atoms with Crippen molar-refractivity contribution < 1.29 is 22.8 Å². The third kappa shape index (κ3) is 4.30. The number of hydrogen-bond donors (Lipinski definition) is 0. The van der Waals surface area contributed by atoms with E-state index in [9.17, 15) is 13.6 Å². The molecule has 7 nitrogen and oxygen atoms in total. The van der Waals surface area contributed by atoms with Crippen molar-refractivity contribution in [2.45, 2.75) is 33.4 Å². The minimum absolute atomic E-state index is 0.206. The third-order valence-corrected chi connectivity index (χ3v) is 4.09.